The topological polar surface area (TPSA) is 232 Å². The molecule has 0 saturated heterocycles. The van der Waals surface area contributed by atoms with E-state index >= 15 is 0 Å². The Morgan fingerprint density at radius 1 is 1.05 bits per heavy atom. The molecule has 218 valence electrons. The number of nitrogens with one attached hydrogen (secondary N) is 2. The molecule has 3 aliphatic rings. The van der Waals surface area contributed by atoms with Gasteiger partial charge in [0.05, 0.1) is 23.3 Å². The molecule has 5 rings (SSSR count). The highest BCUT2D eigenvalue weighted by molar-refractivity contribution is 7.86. The van der Waals surface area contributed by atoms with Crippen LogP contribution in [-0.2, 0) is 26.7 Å². The number of fused-ring (bicyclic) bond motifs is 4. The smallest absolute Gasteiger partial charge is 0.300 e. The fourth-order valence-electron chi connectivity index (χ4n) is 4.59. The summed E-state index contributed by atoms with van der Waals surface area (Å²) >= 11 is 6.75. The average molecular weight is 625 g/mol. The standard InChI is InChI=1S/C24H25ClN6O8S2/c1-2-11-17-22(39-21-12(30-17)3-5-15(29-10-8-27)24(21)41(35,36)37)16(25)18-19(11)38-20-13(31-18)4-6-14(28-9-7-26)23(20)40(32,33)34/h3-6,28,31H,2,7-10,26-27H2,1H3,(H,32,33,34)(H,35,36,37). The van der Waals surface area contributed by atoms with Crippen molar-refractivity contribution in [2.24, 2.45) is 16.5 Å². The zero-order chi connectivity index (χ0) is 29.7. The van der Waals surface area contributed by atoms with Crippen LogP contribution in [0, 0.1) is 0 Å². The van der Waals surface area contributed by atoms with Gasteiger partial charge in [0, 0.05) is 25.2 Å². The molecular weight excluding hydrogens is 600 g/mol. The van der Waals surface area contributed by atoms with E-state index in [1.807, 2.05) is 0 Å². The second kappa shape index (κ2) is 10.7. The van der Waals surface area contributed by atoms with Crippen molar-refractivity contribution in [1.29, 1.82) is 0 Å². The molecule has 0 amide bonds. The van der Waals surface area contributed by atoms with E-state index < -0.39 is 30.0 Å². The lowest BCUT2D eigenvalue weighted by Crippen LogP contribution is -2.19. The lowest BCUT2D eigenvalue weighted by atomic mass is 10.0. The summed E-state index contributed by atoms with van der Waals surface area (Å²) in [6.07, 6.45) is 0.294. The van der Waals surface area contributed by atoms with Crippen molar-refractivity contribution in [2.45, 2.75) is 23.1 Å². The first-order chi connectivity index (χ1) is 19.4. The number of nitrogens with zero attached hydrogens (tertiary/aromatic N) is 2. The van der Waals surface area contributed by atoms with Crippen LogP contribution in [0.5, 0.6) is 11.5 Å². The summed E-state index contributed by atoms with van der Waals surface area (Å²) in [5, 5.41) is 5.77. The van der Waals surface area contributed by atoms with Gasteiger partial charge in [-0.05, 0) is 30.7 Å². The van der Waals surface area contributed by atoms with Crippen molar-refractivity contribution in [1.82, 2.24) is 4.98 Å². The second-order valence-corrected chi connectivity index (χ2v) is 12.0. The molecule has 2 aliphatic heterocycles. The molecular formula is C24H25ClN6O8S2. The average Bonchev–Trinajstić information content (AvgIpc) is 2.91. The number of hydrogen-bond acceptors (Lipinski definition) is 12. The number of benzene rings is 3. The van der Waals surface area contributed by atoms with Gasteiger partial charge >= 0.3 is 10.1 Å². The Morgan fingerprint density at radius 3 is 2.41 bits per heavy atom. The first kappa shape index (κ1) is 29.0. The molecule has 0 radical (unpaired) electrons. The summed E-state index contributed by atoms with van der Waals surface area (Å²) in [7, 11) is -9.59. The number of ether oxygens (including phenoxy) is 1. The van der Waals surface area contributed by atoms with E-state index in [0.29, 0.717) is 12.0 Å². The molecule has 8 N–H and O–H groups in total. The highest BCUT2D eigenvalue weighted by Gasteiger charge is 2.34. The Kier molecular flexibility index (Phi) is 7.58. The third kappa shape index (κ3) is 5.07. The molecule has 41 heavy (non-hydrogen) atoms. The fraction of sp³-hybridized carbons (Fsp3) is 0.250. The summed E-state index contributed by atoms with van der Waals surface area (Å²) in [5.74, 6) is -0.321. The van der Waals surface area contributed by atoms with Crippen molar-refractivity contribution >= 4 is 60.0 Å². The van der Waals surface area contributed by atoms with Crippen molar-refractivity contribution in [2.75, 3.05) is 36.8 Å². The molecule has 2 heterocycles. The quantitative estimate of drug-likeness (QED) is 0.108. The van der Waals surface area contributed by atoms with Crippen LogP contribution >= 0.6 is 11.6 Å². The van der Waals surface area contributed by atoms with Crippen molar-refractivity contribution in [3.63, 3.8) is 0 Å². The SMILES string of the molecule is CCc1c2c(c(Cl)c3oc4c(S(=O)(=O)O)c(=NCCN)ccc-4nc13)Nc1ccc(NCCN)c(S(=O)(=O)O)c1O2. The Labute approximate surface area is 239 Å². The fourth-order valence-corrected chi connectivity index (χ4v) is 6.43. The number of hydrogen-bond donors (Lipinski definition) is 6. The van der Waals surface area contributed by atoms with Gasteiger partial charge in [0.25, 0.3) is 10.1 Å². The molecule has 14 nitrogen and oxygen atoms in total. The molecule has 17 heteroatoms. The second-order valence-electron chi connectivity index (χ2n) is 8.89. The summed E-state index contributed by atoms with van der Waals surface area (Å²) in [5.41, 5.74) is 12.2. The highest BCUT2D eigenvalue weighted by Crippen LogP contribution is 2.54. The van der Waals surface area contributed by atoms with E-state index in [4.69, 9.17) is 32.2 Å². The molecule has 0 atom stereocenters. The van der Waals surface area contributed by atoms with Gasteiger partial charge in [-0.25, -0.2) is 4.98 Å². The van der Waals surface area contributed by atoms with Crippen LogP contribution in [0.15, 0.2) is 43.5 Å². The van der Waals surface area contributed by atoms with E-state index in [0.717, 1.165) is 0 Å². The van der Waals surface area contributed by atoms with Crippen LogP contribution in [0.2, 0.25) is 5.02 Å². The van der Waals surface area contributed by atoms with Crippen LogP contribution in [0.25, 0.3) is 22.6 Å². The van der Waals surface area contributed by atoms with Crippen LogP contribution < -0.4 is 32.2 Å². The van der Waals surface area contributed by atoms with Gasteiger partial charge in [-0.3, -0.25) is 14.1 Å². The van der Waals surface area contributed by atoms with Gasteiger partial charge in [-0.15, -0.1) is 0 Å². The van der Waals surface area contributed by atoms with E-state index in [2.05, 4.69) is 20.6 Å². The van der Waals surface area contributed by atoms with Crippen LogP contribution in [0.4, 0.5) is 17.1 Å². The van der Waals surface area contributed by atoms with Gasteiger partial charge in [0.1, 0.15) is 21.9 Å². The number of nitrogens with two attached hydrogens (primary N) is 2. The van der Waals surface area contributed by atoms with E-state index in [9.17, 15) is 25.9 Å². The number of anilines is 3. The summed E-state index contributed by atoms with van der Waals surface area (Å²) in [6.45, 7) is 2.46. The molecule has 2 aromatic rings. The molecule has 0 fully saturated rings. The number of aromatic nitrogens is 1. The minimum Gasteiger partial charge on any atom is -0.451 e. The van der Waals surface area contributed by atoms with E-state index in [1.54, 1.807) is 6.92 Å². The molecule has 2 aromatic carbocycles. The van der Waals surface area contributed by atoms with Crippen LogP contribution in [0.1, 0.15) is 12.5 Å². The zero-order valence-electron chi connectivity index (χ0n) is 21.4. The van der Waals surface area contributed by atoms with Gasteiger partial charge in [0.2, 0.25) is 0 Å². The Bertz CT molecular complexity index is 1960. The lowest BCUT2D eigenvalue weighted by molar-refractivity contribution is 0.446. The lowest BCUT2D eigenvalue weighted by Gasteiger charge is -2.28. The molecule has 0 aromatic heterocycles. The predicted octanol–water partition coefficient (Wildman–Crippen LogP) is 2.72. The molecule has 1 aliphatic carbocycles. The maximum atomic E-state index is 12.4. The van der Waals surface area contributed by atoms with Gasteiger partial charge < -0.3 is 31.3 Å². The Morgan fingerprint density at radius 2 is 1.78 bits per heavy atom. The Hall–Kier alpha value is -3.51. The molecule has 0 saturated carbocycles. The van der Waals surface area contributed by atoms with Gasteiger partial charge in [-0.2, -0.15) is 16.8 Å². The molecule has 0 unspecified atom stereocenters. The van der Waals surface area contributed by atoms with Crippen LogP contribution in [0.3, 0.4) is 0 Å². The summed E-state index contributed by atoms with van der Waals surface area (Å²) < 4.78 is 81.8. The molecule has 0 spiro atoms. The summed E-state index contributed by atoms with van der Waals surface area (Å²) in [6, 6.07) is 5.78. The minimum atomic E-state index is -4.82. The third-order valence-electron chi connectivity index (χ3n) is 6.24. The van der Waals surface area contributed by atoms with Crippen molar-refractivity contribution in [3.8, 4) is 23.0 Å². The number of halogens is 1. The Balaban J connectivity index is 1.81. The summed E-state index contributed by atoms with van der Waals surface area (Å²) in [4.78, 5) is 7.62. The normalized spacial score (nSPS) is 13.6. The largest absolute Gasteiger partial charge is 0.451 e. The van der Waals surface area contributed by atoms with Crippen molar-refractivity contribution in [3.05, 3.63) is 40.2 Å². The predicted molar refractivity (Wildman–Crippen MR) is 151 cm³/mol. The zero-order valence-corrected chi connectivity index (χ0v) is 23.8. The van der Waals surface area contributed by atoms with Gasteiger partial charge in [-0.1, -0.05) is 18.5 Å². The third-order valence-corrected chi connectivity index (χ3v) is 8.44. The minimum absolute atomic E-state index is 0.0218. The van der Waals surface area contributed by atoms with E-state index in [-0.39, 0.29) is 87.7 Å². The monoisotopic (exact) mass is 624 g/mol. The van der Waals surface area contributed by atoms with Crippen LogP contribution in [-0.4, -0.2) is 57.1 Å². The number of aryl methyl sites for hydroxylation is 1. The van der Waals surface area contributed by atoms with Crippen molar-refractivity contribution < 1.29 is 35.1 Å². The van der Waals surface area contributed by atoms with Gasteiger partial charge in [0.15, 0.2) is 32.6 Å². The highest BCUT2D eigenvalue weighted by atomic mass is 35.5. The first-order valence-corrected chi connectivity index (χ1v) is 15.5. The maximum Gasteiger partial charge on any atom is 0.300 e. The number of rotatable bonds is 8. The maximum absolute atomic E-state index is 12.4. The first-order valence-electron chi connectivity index (χ1n) is 12.2. The molecule has 0 bridgehead atoms. The van der Waals surface area contributed by atoms with E-state index in [1.165, 1.54) is 24.3 Å².